The molecule has 0 aromatic heterocycles. The van der Waals surface area contributed by atoms with E-state index in [4.69, 9.17) is 10.6 Å². The van der Waals surface area contributed by atoms with Crippen LogP contribution in [0.25, 0.3) is 0 Å². The summed E-state index contributed by atoms with van der Waals surface area (Å²) in [4.78, 5) is 0. The molecule has 96 valence electrons. The molecule has 1 fully saturated rings. The lowest BCUT2D eigenvalue weighted by atomic mass is 9.82. The Morgan fingerprint density at radius 1 is 1.31 bits per heavy atom. The summed E-state index contributed by atoms with van der Waals surface area (Å²) in [6.07, 6.45) is 9.38. The third kappa shape index (κ3) is 4.81. The van der Waals surface area contributed by atoms with E-state index >= 15 is 0 Å². The zero-order valence-electron chi connectivity index (χ0n) is 10.9. The second-order valence-corrected chi connectivity index (χ2v) is 5.27. The highest BCUT2D eigenvalue weighted by atomic mass is 16.5. The van der Waals surface area contributed by atoms with Crippen LogP contribution in [-0.4, -0.2) is 19.8 Å². The van der Waals surface area contributed by atoms with Crippen molar-refractivity contribution in [3.8, 4) is 0 Å². The van der Waals surface area contributed by atoms with E-state index in [0.29, 0.717) is 12.0 Å². The quantitative estimate of drug-likeness (QED) is 0.520. The van der Waals surface area contributed by atoms with Gasteiger partial charge in [0, 0.05) is 19.8 Å². The minimum atomic E-state index is 0.457. The molecule has 3 N–H and O–H groups in total. The molecule has 0 aliphatic heterocycles. The number of methoxy groups -OCH3 is 1. The average molecular weight is 228 g/mol. The number of hydrogen-bond donors (Lipinski definition) is 2. The number of hydrogen-bond acceptors (Lipinski definition) is 3. The summed E-state index contributed by atoms with van der Waals surface area (Å²) >= 11 is 0. The predicted molar refractivity (Wildman–Crippen MR) is 68.0 cm³/mol. The zero-order valence-corrected chi connectivity index (χ0v) is 10.9. The lowest BCUT2D eigenvalue weighted by Crippen LogP contribution is -2.41. The van der Waals surface area contributed by atoms with Crippen LogP contribution < -0.4 is 11.3 Å². The van der Waals surface area contributed by atoms with Crippen molar-refractivity contribution in [3.05, 3.63) is 0 Å². The highest BCUT2D eigenvalue weighted by Gasteiger charge is 2.22. The summed E-state index contributed by atoms with van der Waals surface area (Å²) in [5.74, 6) is 7.16. The number of nitrogens with two attached hydrogens (primary N) is 1. The number of rotatable bonds is 7. The molecule has 1 rings (SSSR count). The summed E-state index contributed by atoms with van der Waals surface area (Å²) in [6.45, 7) is 3.11. The molecule has 16 heavy (non-hydrogen) atoms. The van der Waals surface area contributed by atoms with Gasteiger partial charge < -0.3 is 4.74 Å². The highest BCUT2D eigenvalue weighted by Crippen LogP contribution is 2.29. The maximum absolute atomic E-state index is 5.67. The molecule has 1 saturated carbocycles. The van der Waals surface area contributed by atoms with Gasteiger partial charge in [-0.15, -0.1) is 0 Å². The molecule has 0 heterocycles. The van der Waals surface area contributed by atoms with Crippen molar-refractivity contribution < 1.29 is 4.74 Å². The van der Waals surface area contributed by atoms with Crippen LogP contribution in [0.2, 0.25) is 0 Å². The van der Waals surface area contributed by atoms with Crippen molar-refractivity contribution in [3.63, 3.8) is 0 Å². The molecule has 3 heteroatoms. The minimum absolute atomic E-state index is 0.457. The third-order valence-corrected chi connectivity index (χ3v) is 3.99. The minimum Gasteiger partial charge on any atom is -0.385 e. The van der Waals surface area contributed by atoms with Crippen molar-refractivity contribution >= 4 is 0 Å². The Hall–Kier alpha value is -0.120. The summed E-state index contributed by atoms with van der Waals surface area (Å²) in [7, 11) is 1.76. The molecule has 2 atom stereocenters. The van der Waals surface area contributed by atoms with Crippen LogP contribution in [0.3, 0.4) is 0 Å². The van der Waals surface area contributed by atoms with E-state index in [1.54, 1.807) is 7.11 Å². The van der Waals surface area contributed by atoms with Crippen LogP contribution in [0.5, 0.6) is 0 Å². The van der Waals surface area contributed by atoms with Gasteiger partial charge in [-0.3, -0.25) is 11.3 Å². The first-order valence-electron chi connectivity index (χ1n) is 6.73. The first-order valence-corrected chi connectivity index (χ1v) is 6.73. The van der Waals surface area contributed by atoms with Gasteiger partial charge in [0.2, 0.25) is 0 Å². The van der Waals surface area contributed by atoms with Crippen molar-refractivity contribution in [2.45, 2.75) is 57.9 Å². The van der Waals surface area contributed by atoms with Crippen molar-refractivity contribution in [1.82, 2.24) is 5.43 Å². The predicted octanol–water partition coefficient (Wildman–Crippen LogP) is 2.46. The molecule has 0 aromatic rings. The van der Waals surface area contributed by atoms with E-state index < -0.39 is 0 Å². The van der Waals surface area contributed by atoms with Gasteiger partial charge in [0.15, 0.2) is 0 Å². The smallest absolute Gasteiger partial charge is 0.0465 e. The fraction of sp³-hybridized carbons (Fsp3) is 1.00. The van der Waals surface area contributed by atoms with Gasteiger partial charge in [0.1, 0.15) is 0 Å². The normalized spacial score (nSPS) is 21.9. The van der Waals surface area contributed by atoms with E-state index in [-0.39, 0.29) is 0 Å². The Kier molecular flexibility index (Phi) is 7.01. The Morgan fingerprint density at radius 2 is 2.00 bits per heavy atom. The van der Waals surface area contributed by atoms with Crippen LogP contribution in [0.4, 0.5) is 0 Å². The molecule has 2 unspecified atom stereocenters. The number of nitrogens with one attached hydrogen (secondary N) is 1. The molecule has 1 aliphatic rings. The highest BCUT2D eigenvalue weighted by molar-refractivity contribution is 4.77. The molecule has 0 saturated heterocycles. The summed E-state index contributed by atoms with van der Waals surface area (Å²) in [5, 5.41) is 0. The van der Waals surface area contributed by atoms with Gasteiger partial charge in [0.25, 0.3) is 0 Å². The number of hydrazine groups is 1. The first-order chi connectivity index (χ1) is 7.77. The van der Waals surface area contributed by atoms with Crippen LogP contribution in [0, 0.1) is 11.8 Å². The van der Waals surface area contributed by atoms with E-state index in [0.717, 1.165) is 18.9 Å². The van der Waals surface area contributed by atoms with E-state index in [2.05, 4.69) is 12.3 Å². The van der Waals surface area contributed by atoms with Gasteiger partial charge in [-0.1, -0.05) is 39.0 Å². The number of ether oxygens (including phenoxy) is 1. The monoisotopic (exact) mass is 228 g/mol. The maximum Gasteiger partial charge on any atom is 0.0465 e. The standard InChI is InChI=1S/C13H28N2O/c1-11(8-9-16-2)13(15-14)10-12-6-4-3-5-7-12/h11-13,15H,3-10,14H2,1-2H3. The SMILES string of the molecule is COCCC(C)C(CC1CCCCC1)NN. The molecule has 0 radical (unpaired) electrons. The van der Waals surface area contributed by atoms with E-state index in [1.165, 1.54) is 38.5 Å². The van der Waals surface area contributed by atoms with Crippen LogP contribution in [0.1, 0.15) is 51.9 Å². The van der Waals surface area contributed by atoms with Crippen LogP contribution >= 0.6 is 0 Å². The fourth-order valence-electron chi connectivity index (χ4n) is 2.75. The van der Waals surface area contributed by atoms with Crippen LogP contribution in [0.15, 0.2) is 0 Å². The van der Waals surface area contributed by atoms with Gasteiger partial charge in [-0.2, -0.15) is 0 Å². The zero-order chi connectivity index (χ0) is 11.8. The van der Waals surface area contributed by atoms with Crippen molar-refractivity contribution in [1.29, 1.82) is 0 Å². The summed E-state index contributed by atoms with van der Waals surface area (Å²) in [6, 6.07) is 0.457. The Labute approximate surface area is 100 Å². The summed E-state index contributed by atoms with van der Waals surface area (Å²) in [5.41, 5.74) is 3.00. The Morgan fingerprint density at radius 3 is 2.56 bits per heavy atom. The first kappa shape index (κ1) is 13.9. The average Bonchev–Trinajstić information content (AvgIpc) is 2.34. The molecule has 0 amide bonds. The molecule has 1 aliphatic carbocycles. The van der Waals surface area contributed by atoms with E-state index in [1.807, 2.05) is 0 Å². The van der Waals surface area contributed by atoms with Crippen molar-refractivity contribution in [2.75, 3.05) is 13.7 Å². The largest absolute Gasteiger partial charge is 0.385 e. The van der Waals surface area contributed by atoms with E-state index in [9.17, 15) is 0 Å². The topological polar surface area (TPSA) is 47.3 Å². The second-order valence-electron chi connectivity index (χ2n) is 5.27. The fourth-order valence-corrected chi connectivity index (χ4v) is 2.75. The molecule has 3 nitrogen and oxygen atoms in total. The van der Waals surface area contributed by atoms with Gasteiger partial charge in [-0.05, 0) is 24.7 Å². The Balaban J connectivity index is 2.28. The third-order valence-electron chi connectivity index (χ3n) is 3.99. The Bertz CT molecular complexity index is 169. The van der Waals surface area contributed by atoms with Gasteiger partial charge in [-0.25, -0.2) is 0 Å². The van der Waals surface area contributed by atoms with Gasteiger partial charge >= 0.3 is 0 Å². The lowest BCUT2D eigenvalue weighted by molar-refractivity contribution is 0.162. The lowest BCUT2D eigenvalue weighted by Gasteiger charge is -2.29. The molecular weight excluding hydrogens is 200 g/mol. The van der Waals surface area contributed by atoms with Crippen LogP contribution in [-0.2, 0) is 4.74 Å². The van der Waals surface area contributed by atoms with Crippen molar-refractivity contribution in [2.24, 2.45) is 17.7 Å². The molecule has 0 spiro atoms. The summed E-state index contributed by atoms with van der Waals surface area (Å²) < 4.78 is 5.13. The maximum atomic E-state index is 5.67. The molecular formula is C13H28N2O. The van der Waals surface area contributed by atoms with Gasteiger partial charge in [0.05, 0.1) is 0 Å². The molecule has 0 aromatic carbocycles. The molecule has 0 bridgehead atoms. The second kappa shape index (κ2) is 8.04.